The van der Waals surface area contributed by atoms with E-state index in [9.17, 15) is 9.59 Å². The molecule has 0 bridgehead atoms. The quantitative estimate of drug-likeness (QED) is 0.334. The molecule has 0 saturated heterocycles. The minimum absolute atomic E-state index is 0.000432. The van der Waals surface area contributed by atoms with Gasteiger partial charge in [-0.05, 0) is 62.2 Å². The first-order valence-electron chi connectivity index (χ1n) is 10.3. The summed E-state index contributed by atoms with van der Waals surface area (Å²) in [6, 6.07) is 0. The molecule has 2 fully saturated rings. The highest BCUT2D eigenvalue weighted by atomic mass is 16.7. The highest BCUT2D eigenvalue weighted by molar-refractivity contribution is 5.81. The van der Waals surface area contributed by atoms with Crippen LogP contribution in [-0.4, -0.2) is 37.7 Å². The summed E-state index contributed by atoms with van der Waals surface area (Å²) in [4.78, 5) is 22.2. The summed E-state index contributed by atoms with van der Waals surface area (Å²) in [7, 11) is 0. The molecule has 0 spiro atoms. The zero-order valence-electron chi connectivity index (χ0n) is 17.1. The predicted octanol–water partition coefficient (Wildman–Crippen LogP) is 4.00. The molecule has 6 heteroatoms. The van der Waals surface area contributed by atoms with Gasteiger partial charge >= 0.3 is 11.9 Å². The van der Waals surface area contributed by atoms with Gasteiger partial charge in [-0.25, -0.2) is 9.59 Å². The first kappa shape index (κ1) is 22.6. The van der Waals surface area contributed by atoms with E-state index in [1.807, 2.05) is 0 Å². The lowest BCUT2D eigenvalue weighted by Crippen LogP contribution is -2.37. The van der Waals surface area contributed by atoms with Crippen LogP contribution in [0.4, 0.5) is 0 Å². The van der Waals surface area contributed by atoms with Crippen LogP contribution in [0.25, 0.3) is 0 Å². The van der Waals surface area contributed by atoms with Gasteiger partial charge in [0.1, 0.15) is 0 Å². The minimum atomic E-state index is -0.450. The SMILES string of the molecule is C=CC(=O)OCOC1CCC(C2CCC(OCOC(=O)C=C)C(C)C2)CC1C. The minimum Gasteiger partial charge on any atom is -0.435 e. The molecule has 28 heavy (non-hydrogen) atoms. The highest BCUT2D eigenvalue weighted by Crippen LogP contribution is 2.43. The molecule has 2 rings (SSSR count). The van der Waals surface area contributed by atoms with Crippen LogP contribution in [0.1, 0.15) is 52.4 Å². The van der Waals surface area contributed by atoms with E-state index in [1.54, 1.807) is 0 Å². The maximum absolute atomic E-state index is 11.1. The van der Waals surface area contributed by atoms with E-state index < -0.39 is 11.9 Å². The number of carbonyl (C=O) groups excluding carboxylic acids is 2. The van der Waals surface area contributed by atoms with Crippen molar-refractivity contribution < 1.29 is 28.5 Å². The summed E-state index contributed by atoms with van der Waals surface area (Å²) < 4.78 is 21.4. The van der Waals surface area contributed by atoms with Gasteiger partial charge in [0.25, 0.3) is 0 Å². The van der Waals surface area contributed by atoms with Crippen molar-refractivity contribution in [1.29, 1.82) is 0 Å². The van der Waals surface area contributed by atoms with Crippen LogP contribution < -0.4 is 0 Å². The van der Waals surface area contributed by atoms with E-state index >= 15 is 0 Å². The van der Waals surface area contributed by atoms with Crippen molar-refractivity contribution >= 4 is 11.9 Å². The normalized spacial score (nSPS) is 32.9. The zero-order chi connectivity index (χ0) is 20.5. The van der Waals surface area contributed by atoms with Gasteiger partial charge in [0.05, 0.1) is 12.2 Å². The molecular weight excluding hydrogens is 360 g/mol. The van der Waals surface area contributed by atoms with E-state index in [-0.39, 0.29) is 25.8 Å². The third-order valence-electron chi connectivity index (χ3n) is 6.23. The number of ether oxygens (including phenoxy) is 4. The molecule has 0 N–H and O–H groups in total. The Bertz CT molecular complexity index is 497. The van der Waals surface area contributed by atoms with Gasteiger partial charge in [-0.1, -0.05) is 27.0 Å². The Kier molecular flexibility index (Phi) is 9.19. The Labute approximate surface area is 168 Å². The van der Waals surface area contributed by atoms with Gasteiger partial charge in [0.2, 0.25) is 0 Å². The fraction of sp³-hybridized carbons (Fsp3) is 0.727. The van der Waals surface area contributed by atoms with Gasteiger partial charge in [-0.15, -0.1) is 0 Å². The van der Waals surface area contributed by atoms with E-state index in [0.717, 1.165) is 50.7 Å². The Balaban J connectivity index is 1.71. The molecule has 6 atom stereocenters. The van der Waals surface area contributed by atoms with E-state index in [0.29, 0.717) is 23.7 Å². The van der Waals surface area contributed by atoms with E-state index in [2.05, 4.69) is 27.0 Å². The molecule has 0 aromatic carbocycles. The maximum atomic E-state index is 11.1. The van der Waals surface area contributed by atoms with Crippen LogP contribution in [0.15, 0.2) is 25.3 Å². The molecule has 0 amide bonds. The first-order chi connectivity index (χ1) is 13.4. The fourth-order valence-electron chi connectivity index (χ4n) is 4.65. The molecule has 158 valence electrons. The first-order valence-corrected chi connectivity index (χ1v) is 10.3. The molecule has 2 aliphatic carbocycles. The highest BCUT2D eigenvalue weighted by Gasteiger charge is 2.37. The second-order valence-electron chi connectivity index (χ2n) is 8.08. The third kappa shape index (κ3) is 6.74. The largest absolute Gasteiger partial charge is 0.435 e. The predicted molar refractivity (Wildman–Crippen MR) is 105 cm³/mol. The Morgan fingerprint density at radius 3 is 1.50 bits per heavy atom. The average Bonchev–Trinajstić information content (AvgIpc) is 2.69. The molecule has 0 radical (unpaired) electrons. The lowest BCUT2D eigenvalue weighted by Gasteiger charge is -2.42. The molecule has 6 nitrogen and oxygen atoms in total. The second kappa shape index (κ2) is 11.4. The van der Waals surface area contributed by atoms with Gasteiger partial charge in [-0.2, -0.15) is 0 Å². The summed E-state index contributed by atoms with van der Waals surface area (Å²) in [5, 5.41) is 0. The number of hydrogen-bond donors (Lipinski definition) is 0. The van der Waals surface area contributed by atoms with E-state index in [4.69, 9.17) is 18.9 Å². The number of carbonyl (C=O) groups is 2. The number of rotatable bonds is 9. The standard InChI is InChI=1S/C22H34O6/c1-5-21(23)27-13-25-19-9-7-17(11-15(19)3)18-8-10-20(16(4)12-18)26-14-28-22(24)6-2/h5-6,15-20H,1-2,7-14H2,3-4H3. The Morgan fingerprint density at radius 1 is 0.786 bits per heavy atom. The van der Waals surface area contributed by atoms with Crippen LogP contribution in [0, 0.1) is 23.7 Å². The molecule has 2 aliphatic rings. The van der Waals surface area contributed by atoms with Crippen molar-refractivity contribution in [2.45, 2.75) is 64.6 Å². The molecule has 0 aromatic rings. The maximum Gasteiger partial charge on any atom is 0.332 e. The molecule has 6 unspecified atom stereocenters. The summed E-state index contributed by atoms with van der Waals surface area (Å²) in [6.45, 7) is 11.2. The lowest BCUT2D eigenvalue weighted by atomic mass is 9.67. The molecule has 2 saturated carbocycles. The van der Waals surface area contributed by atoms with Gasteiger partial charge in [0.15, 0.2) is 13.6 Å². The smallest absolute Gasteiger partial charge is 0.332 e. The van der Waals surface area contributed by atoms with Crippen molar-refractivity contribution in [3.8, 4) is 0 Å². The van der Waals surface area contributed by atoms with Crippen molar-refractivity contribution in [2.24, 2.45) is 23.7 Å². The van der Waals surface area contributed by atoms with Crippen molar-refractivity contribution in [1.82, 2.24) is 0 Å². The van der Waals surface area contributed by atoms with Gasteiger partial charge in [0, 0.05) is 12.2 Å². The second-order valence-corrected chi connectivity index (χ2v) is 8.08. The van der Waals surface area contributed by atoms with Crippen LogP contribution in [0.3, 0.4) is 0 Å². The van der Waals surface area contributed by atoms with E-state index in [1.165, 1.54) is 0 Å². The summed E-state index contributed by atoms with van der Waals surface area (Å²) in [5.74, 6) is 1.40. The van der Waals surface area contributed by atoms with Crippen molar-refractivity contribution in [3.63, 3.8) is 0 Å². The average molecular weight is 395 g/mol. The summed E-state index contributed by atoms with van der Waals surface area (Å²) in [5.41, 5.74) is 0. The van der Waals surface area contributed by atoms with Gasteiger partial charge < -0.3 is 18.9 Å². The van der Waals surface area contributed by atoms with Crippen LogP contribution in [0.5, 0.6) is 0 Å². The Morgan fingerprint density at radius 2 is 1.18 bits per heavy atom. The molecular formula is C22H34O6. The summed E-state index contributed by atoms with van der Waals surface area (Å²) >= 11 is 0. The lowest BCUT2D eigenvalue weighted by molar-refractivity contribution is -0.164. The number of hydrogen-bond acceptors (Lipinski definition) is 6. The van der Waals surface area contributed by atoms with Crippen LogP contribution in [0.2, 0.25) is 0 Å². The molecule has 0 aliphatic heterocycles. The topological polar surface area (TPSA) is 71.1 Å². The Hall–Kier alpha value is -1.66. The molecule has 0 aromatic heterocycles. The zero-order valence-corrected chi connectivity index (χ0v) is 17.1. The monoisotopic (exact) mass is 394 g/mol. The molecule has 0 heterocycles. The van der Waals surface area contributed by atoms with Crippen LogP contribution in [-0.2, 0) is 28.5 Å². The van der Waals surface area contributed by atoms with Crippen molar-refractivity contribution in [3.05, 3.63) is 25.3 Å². The number of esters is 2. The van der Waals surface area contributed by atoms with Crippen molar-refractivity contribution in [2.75, 3.05) is 13.6 Å². The summed E-state index contributed by atoms with van der Waals surface area (Å²) in [6.07, 6.45) is 9.15. The third-order valence-corrected chi connectivity index (χ3v) is 6.23. The van der Waals surface area contributed by atoms with Gasteiger partial charge in [-0.3, -0.25) is 0 Å². The fourth-order valence-corrected chi connectivity index (χ4v) is 4.65. The van der Waals surface area contributed by atoms with Crippen LogP contribution >= 0.6 is 0 Å².